The minimum absolute atomic E-state index is 0.125. The molecule has 1 unspecified atom stereocenters. The maximum Gasteiger partial charge on any atom is 0.214 e. The third-order valence-corrected chi connectivity index (χ3v) is 6.04. The highest BCUT2D eigenvalue weighted by Gasteiger charge is 2.32. The minimum atomic E-state index is -3.15. The number of unbranched alkanes of at least 4 members (excludes halogenated alkanes) is 1. The number of fused-ring (bicyclic) bond motifs is 1. The van der Waals surface area contributed by atoms with Gasteiger partial charge in [0.15, 0.2) is 0 Å². The fourth-order valence-electron chi connectivity index (χ4n) is 2.79. The monoisotopic (exact) mass is 334 g/mol. The number of benzene rings is 1. The first-order valence-electron chi connectivity index (χ1n) is 8.09. The van der Waals surface area contributed by atoms with E-state index in [9.17, 15) is 8.42 Å². The summed E-state index contributed by atoms with van der Waals surface area (Å²) >= 11 is 0. The van der Waals surface area contributed by atoms with Gasteiger partial charge in [-0.15, -0.1) is 0 Å². The van der Waals surface area contributed by atoms with Gasteiger partial charge in [0.1, 0.15) is 6.10 Å². The Labute approximate surface area is 137 Å². The third-order valence-electron chi connectivity index (χ3n) is 4.12. The summed E-state index contributed by atoms with van der Waals surface area (Å²) in [5.74, 6) is 0.784. The topological polar surface area (TPSA) is 59.5 Å². The van der Waals surface area contributed by atoms with E-state index in [2.05, 4.69) is 4.98 Å². The molecule has 0 saturated carbocycles. The van der Waals surface area contributed by atoms with Gasteiger partial charge in [0.25, 0.3) is 0 Å². The van der Waals surface area contributed by atoms with Gasteiger partial charge < -0.3 is 4.74 Å². The molecule has 0 aliphatic carbocycles. The Morgan fingerprint density at radius 3 is 2.91 bits per heavy atom. The number of nitrogens with zero attached hydrogens (tertiary/aromatic N) is 2. The molecule has 1 aliphatic rings. The van der Waals surface area contributed by atoms with Crippen LogP contribution in [0.25, 0.3) is 10.9 Å². The van der Waals surface area contributed by atoms with Crippen molar-refractivity contribution in [2.24, 2.45) is 0 Å². The van der Waals surface area contributed by atoms with E-state index in [1.807, 2.05) is 43.3 Å². The summed E-state index contributed by atoms with van der Waals surface area (Å²) in [5, 5.41) is 1.06. The Bertz CT molecular complexity index is 776. The summed E-state index contributed by atoms with van der Waals surface area (Å²) in [6, 6.07) is 11.7. The first kappa shape index (κ1) is 16.2. The van der Waals surface area contributed by atoms with Crippen molar-refractivity contribution in [2.75, 3.05) is 18.8 Å². The lowest BCUT2D eigenvalue weighted by Crippen LogP contribution is -2.32. The zero-order valence-electron chi connectivity index (χ0n) is 13.3. The van der Waals surface area contributed by atoms with Crippen molar-refractivity contribution in [3.8, 4) is 5.88 Å². The molecule has 0 amide bonds. The van der Waals surface area contributed by atoms with Gasteiger partial charge in [-0.3, -0.25) is 0 Å². The molecule has 0 spiro atoms. The molecular formula is C17H22N2O3S. The number of ether oxygens (including phenoxy) is 1. The van der Waals surface area contributed by atoms with Crippen LogP contribution in [0.3, 0.4) is 0 Å². The Morgan fingerprint density at radius 1 is 1.26 bits per heavy atom. The highest BCUT2D eigenvalue weighted by atomic mass is 32.2. The van der Waals surface area contributed by atoms with Crippen molar-refractivity contribution in [3.05, 3.63) is 36.4 Å². The SMILES string of the molecule is CCCCS(=O)(=O)N1CCC(Oc2ccc3ccccc3n2)C1. The van der Waals surface area contributed by atoms with Crippen molar-refractivity contribution in [1.29, 1.82) is 0 Å². The maximum atomic E-state index is 12.2. The molecule has 1 aromatic heterocycles. The fourth-order valence-corrected chi connectivity index (χ4v) is 4.47. The molecule has 0 bridgehead atoms. The summed E-state index contributed by atoms with van der Waals surface area (Å²) < 4.78 is 31.9. The molecule has 6 heteroatoms. The van der Waals surface area contributed by atoms with E-state index < -0.39 is 10.0 Å². The Morgan fingerprint density at radius 2 is 2.09 bits per heavy atom. The van der Waals surface area contributed by atoms with Gasteiger partial charge in [0.2, 0.25) is 15.9 Å². The number of pyridine rings is 1. The second-order valence-corrected chi connectivity index (χ2v) is 7.99. The first-order valence-corrected chi connectivity index (χ1v) is 9.69. The van der Waals surface area contributed by atoms with Crippen LogP contribution in [0.5, 0.6) is 5.88 Å². The van der Waals surface area contributed by atoms with Crippen molar-refractivity contribution in [1.82, 2.24) is 9.29 Å². The summed E-state index contributed by atoms with van der Waals surface area (Å²) in [4.78, 5) is 4.49. The van der Waals surface area contributed by atoms with Crippen LogP contribution in [-0.4, -0.2) is 42.7 Å². The van der Waals surface area contributed by atoms with E-state index >= 15 is 0 Å². The summed E-state index contributed by atoms with van der Waals surface area (Å²) in [6.07, 6.45) is 2.17. The molecule has 2 heterocycles. The molecular weight excluding hydrogens is 312 g/mol. The number of aromatic nitrogens is 1. The lowest BCUT2D eigenvalue weighted by Gasteiger charge is -2.17. The fraction of sp³-hybridized carbons (Fsp3) is 0.471. The molecule has 1 aromatic carbocycles. The minimum Gasteiger partial charge on any atom is -0.473 e. The van der Waals surface area contributed by atoms with Crippen LogP contribution < -0.4 is 4.74 Å². The van der Waals surface area contributed by atoms with Crippen LogP contribution in [0.15, 0.2) is 36.4 Å². The molecule has 1 fully saturated rings. The molecule has 1 atom stereocenters. The average molecular weight is 334 g/mol. The molecule has 23 heavy (non-hydrogen) atoms. The van der Waals surface area contributed by atoms with Gasteiger partial charge in [0, 0.05) is 18.0 Å². The maximum absolute atomic E-state index is 12.2. The quantitative estimate of drug-likeness (QED) is 0.815. The average Bonchev–Trinajstić information content (AvgIpc) is 3.02. The zero-order chi connectivity index (χ0) is 16.3. The second kappa shape index (κ2) is 6.84. The van der Waals surface area contributed by atoms with E-state index in [0.717, 1.165) is 17.3 Å². The van der Waals surface area contributed by atoms with Crippen LogP contribution in [0.2, 0.25) is 0 Å². The van der Waals surface area contributed by atoms with Gasteiger partial charge >= 0.3 is 0 Å². The summed E-state index contributed by atoms with van der Waals surface area (Å²) in [5.41, 5.74) is 0.885. The first-order chi connectivity index (χ1) is 11.1. The van der Waals surface area contributed by atoms with Crippen molar-refractivity contribution in [3.63, 3.8) is 0 Å². The molecule has 0 N–H and O–H groups in total. The molecule has 3 rings (SSSR count). The third kappa shape index (κ3) is 3.82. The van der Waals surface area contributed by atoms with E-state index in [0.29, 0.717) is 31.8 Å². The smallest absolute Gasteiger partial charge is 0.214 e. The number of para-hydroxylation sites is 1. The molecule has 1 saturated heterocycles. The van der Waals surface area contributed by atoms with Gasteiger partial charge in [0.05, 0.1) is 17.8 Å². The summed E-state index contributed by atoms with van der Waals surface area (Å²) in [7, 11) is -3.15. The zero-order valence-corrected chi connectivity index (χ0v) is 14.1. The Hall–Kier alpha value is -1.66. The molecule has 5 nitrogen and oxygen atoms in total. The predicted molar refractivity (Wildman–Crippen MR) is 91.0 cm³/mol. The lowest BCUT2D eigenvalue weighted by atomic mass is 10.2. The van der Waals surface area contributed by atoms with Crippen molar-refractivity contribution in [2.45, 2.75) is 32.3 Å². The highest BCUT2D eigenvalue weighted by Crippen LogP contribution is 2.22. The lowest BCUT2D eigenvalue weighted by molar-refractivity contribution is 0.207. The van der Waals surface area contributed by atoms with Gasteiger partial charge in [-0.25, -0.2) is 13.4 Å². The molecule has 124 valence electrons. The number of hydrogen-bond donors (Lipinski definition) is 0. The Kier molecular flexibility index (Phi) is 4.82. The number of rotatable bonds is 6. The van der Waals surface area contributed by atoms with Gasteiger partial charge in [-0.05, 0) is 25.0 Å². The van der Waals surface area contributed by atoms with E-state index in [4.69, 9.17) is 4.74 Å². The molecule has 1 aliphatic heterocycles. The van der Waals surface area contributed by atoms with Crippen LogP contribution in [-0.2, 0) is 10.0 Å². The van der Waals surface area contributed by atoms with Crippen LogP contribution >= 0.6 is 0 Å². The second-order valence-electron chi connectivity index (χ2n) is 5.90. The van der Waals surface area contributed by atoms with E-state index in [-0.39, 0.29) is 11.9 Å². The van der Waals surface area contributed by atoms with Gasteiger partial charge in [-0.2, -0.15) is 4.31 Å². The van der Waals surface area contributed by atoms with Crippen LogP contribution in [0.1, 0.15) is 26.2 Å². The predicted octanol–water partition coefficient (Wildman–Crippen LogP) is 2.82. The van der Waals surface area contributed by atoms with Gasteiger partial charge in [-0.1, -0.05) is 31.5 Å². The number of hydrogen-bond acceptors (Lipinski definition) is 4. The molecule has 0 radical (unpaired) electrons. The standard InChI is InChI=1S/C17H22N2O3S/c1-2-3-12-23(20,21)19-11-10-15(13-19)22-17-9-8-14-6-4-5-7-16(14)18-17/h4-9,15H,2-3,10-13H2,1H3. The number of sulfonamides is 1. The summed E-state index contributed by atoms with van der Waals surface area (Å²) in [6.45, 7) is 2.95. The van der Waals surface area contributed by atoms with Crippen molar-refractivity contribution >= 4 is 20.9 Å². The van der Waals surface area contributed by atoms with E-state index in [1.165, 1.54) is 0 Å². The van der Waals surface area contributed by atoms with Crippen molar-refractivity contribution < 1.29 is 13.2 Å². The van der Waals surface area contributed by atoms with Crippen LogP contribution in [0.4, 0.5) is 0 Å². The molecule has 2 aromatic rings. The Balaban J connectivity index is 1.65. The normalized spacial score (nSPS) is 19.3. The van der Waals surface area contributed by atoms with Crippen LogP contribution in [0, 0.1) is 0 Å². The highest BCUT2D eigenvalue weighted by molar-refractivity contribution is 7.89. The largest absolute Gasteiger partial charge is 0.473 e. The van der Waals surface area contributed by atoms with E-state index in [1.54, 1.807) is 4.31 Å².